The zero-order valence-electron chi connectivity index (χ0n) is 14.5. The highest BCUT2D eigenvalue weighted by Gasteiger charge is 2.23. The van der Waals surface area contributed by atoms with E-state index in [1.54, 1.807) is 30.7 Å². The molecule has 1 aliphatic rings. The van der Waals surface area contributed by atoms with Gasteiger partial charge in [0, 0.05) is 18.7 Å². The Morgan fingerprint density at radius 1 is 1.11 bits per heavy atom. The third-order valence-corrected chi connectivity index (χ3v) is 4.98. The molecule has 0 aliphatic heterocycles. The van der Waals surface area contributed by atoms with Gasteiger partial charge in [-0.25, -0.2) is 0 Å². The van der Waals surface area contributed by atoms with Gasteiger partial charge in [-0.05, 0) is 41.7 Å². The normalized spacial score (nSPS) is 13.8. The van der Waals surface area contributed by atoms with Crippen LogP contribution in [0.15, 0.2) is 70.1 Å². The van der Waals surface area contributed by atoms with Crippen molar-refractivity contribution in [1.29, 1.82) is 0 Å². The number of benzene rings is 1. The van der Waals surface area contributed by atoms with Crippen LogP contribution in [0.1, 0.15) is 33.2 Å². The van der Waals surface area contributed by atoms with Crippen LogP contribution in [0.4, 0.5) is 0 Å². The summed E-state index contributed by atoms with van der Waals surface area (Å²) < 4.78 is 12.4. The van der Waals surface area contributed by atoms with Crippen LogP contribution < -0.4 is 0 Å². The van der Waals surface area contributed by atoms with E-state index in [0.29, 0.717) is 23.3 Å². The molecule has 0 radical (unpaired) electrons. The molecule has 0 N–H and O–H groups in total. The molecule has 6 nitrogen and oxygen atoms in total. The minimum atomic E-state index is -0.106. The fraction of sp³-hybridized carbons (Fsp3) is 0.190. The summed E-state index contributed by atoms with van der Waals surface area (Å²) in [5, 5.41) is 8.35. The first-order valence-corrected chi connectivity index (χ1v) is 8.90. The summed E-state index contributed by atoms with van der Waals surface area (Å²) in [6.45, 7) is 0. The van der Waals surface area contributed by atoms with E-state index in [1.807, 2.05) is 10.9 Å². The summed E-state index contributed by atoms with van der Waals surface area (Å²) in [4.78, 5) is 12.5. The number of rotatable bonds is 5. The largest absolute Gasteiger partial charge is 0.461 e. The fourth-order valence-corrected chi connectivity index (χ4v) is 3.61. The van der Waals surface area contributed by atoms with Gasteiger partial charge in [0.1, 0.15) is 0 Å². The molecule has 0 bridgehead atoms. The number of furan rings is 1. The monoisotopic (exact) mass is 359 g/mol. The van der Waals surface area contributed by atoms with Crippen molar-refractivity contribution in [2.24, 2.45) is 0 Å². The molecule has 27 heavy (non-hydrogen) atoms. The number of Topliss-reactive ketones (excluding diaryl/α,β-unsaturated/α-hetero) is 1. The van der Waals surface area contributed by atoms with Gasteiger partial charge in [0.2, 0.25) is 5.76 Å². The van der Waals surface area contributed by atoms with Crippen molar-refractivity contribution >= 4 is 5.78 Å². The molecule has 1 aromatic carbocycles. The van der Waals surface area contributed by atoms with Crippen molar-refractivity contribution in [2.45, 2.75) is 25.3 Å². The maximum atomic E-state index is 12.5. The van der Waals surface area contributed by atoms with Crippen LogP contribution in [0, 0.1) is 0 Å². The summed E-state index contributed by atoms with van der Waals surface area (Å²) in [5.41, 5.74) is 3.92. The second kappa shape index (κ2) is 6.39. The van der Waals surface area contributed by atoms with Crippen LogP contribution in [0.5, 0.6) is 0 Å². The Morgan fingerprint density at radius 3 is 2.67 bits per heavy atom. The molecule has 4 aromatic rings. The van der Waals surface area contributed by atoms with E-state index in [-0.39, 0.29) is 12.2 Å². The average Bonchev–Trinajstić information content (AvgIpc) is 3.47. The Hall–Kier alpha value is -3.41. The molecule has 134 valence electrons. The first-order chi connectivity index (χ1) is 13.3. The molecule has 0 spiro atoms. The first kappa shape index (κ1) is 15.8. The number of ketones is 1. The third-order valence-electron chi connectivity index (χ3n) is 4.98. The SMILES string of the molecule is O=C(Cc1cnn(C2Cc3ccccc3C2)c1)c1cc(-c2ccco2)on1. The van der Waals surface area contributed by atoms with E-state index in [4.69, 9.17) is 8.94 Å². The highest BCUT2D eigenvalue weighted by molar-refractivity contribution is 5.96. The van der Waals surface area contributed by atoms with Gasteiger partial charge < -0.3 is 8.94 Å². The van der Waals surface area contributed by atoms with Crippen LogP contribution in [0.25, 0.3) is 11.5 Å². The Labute approximate surface area is 155 Å². The lowest BCUT2D eigenvalue weighted by Gasteiger charge is -2.08. The quantitative estimate of drug-likeness (QED) is 0.505. The number of carbonyl (C=O) groups excluding carboxylic acids is 1. The number of fused-ring (bicyclic) bond motifs is 1. The van der Waals surface area contributed by atoms with E-state index in [2.05, 4.69) is 34.5 Å². The van der Waals surface area contributed by atoms with Crippen molar-refractivity contribution in [1.82, 2.24) is 14.9 Å². The van der Waals surface area contributed by atoms with E-state index in [1.165, 1.54) is 11.1 Å². The van der Waals surface area contributed by atoms with Gasteiger partial charge in [-0.15, -0.1) is 0 Å². The summed E-state index contributed by atoms with van der Waals surface area (Å²) in [6.07, 6.45) is 7.46. The molecule has 1 aliphatic carbocycles. The maximum absolute atomic E-state index is 12.5. The van der Waals surface area contributed by atoms with Crippen LogP contribution in [-0.4, -0.2) is 20.7 Å². The molecule has 3 heterocycles. The molecule has 6 heteroatoms. The number of hydrogen-bond acceptors (Lipinski definition) is 5. The van der Waals surface area contributed by atoms with E-state index in [0.717, 1.165) is 18.4 Å². The zero-order valence-corrected chi connectivity index (χ0v) is 14.5. The van der Waals surface area contributed by atoms with Gasteiger partial charge in [-0.3, -0.25) is 9.48 Å². The van der Waals surface area contributed by atoms with Crippen LogP contribution in [0.2, 0.25) is 0 Å². The molecule has 0 atom stereocenters. The molecule has 0 saturated heterocycles. The number of carbonyl (C=O) groups is 1. The molecule has 0 saturated carbocycles. The molecule has 0 fully saturated rings. The van der Waals surface area contributed by atoms with E-state index >= 15 is 0 Å². The predicted octanol–water partition coefficient (Wildman–Crippen LogP) is 3.90. The first-order valence-electron chi connectivity index (χ1n) is 8.90. The topological polar surface area (TPSA) is 74.1 Å². The molecular formula is C21H17N3O3. The minimum absolute atomic E-state index is 0.106. The lowest BCUT2D eigenvalue weighted by Crippen LogP contribution is -2.09. The molecule has 0 amide bonds. The van der Waals surface area contributed by atoms with Crippen molar-refractivity contribution in [3.05, 3.63) is 83.5 Å². The molecule has 3 aromatic heterocycles. The smallest absolute Gasteiger partial charge is 0.202 e. The van der Waals surface area contributed by atoms with Gasteiger partial charge >= 0.3 is 0 Å². The van der Waals surface area contributed by atoms with Gasteiger partial charge in [-0.1, -0.05) is 29.4 Å². The summed E-state index contributed by atoms with van der Waals surface area (Å²) >= 11 is 0. The van der Waals surface area contributed by atoms with Crippen LogP contribution in [-0.2, 0) is 19.3 Å². The van der Waals surface area contributed by atoms with Crippen molar-refractivity contribution in [3.63, 3.8) is 0 Å². The van der Waals surface area contributed by atoms with E-state index < -0.39 is 0 Å². The Balaban J connectivity index is 1.28. The van der Waals surface area contributed by atoms with Gasteiger partial charge in [-0.2, -0.15) is 5.10 Å². The maximum Gasteiger partial charge on any atom is 0.202 e. The Bertz CT molecular complexity index is 1070. The van der Waals surface area contributed by atoms with Crippen LogP contribution in [0.3, 0.4) is 0 Å². The zero-order chi connectivity index (χ0) is 18.2. The second-order valence-electron chi connectivity index (χ2n) is 6.81. The average molecular weight is 359 g/mol. The number of hydrogen-bond donors (Lipinski definition) is 0. The third kappa shape index (κ3) is 2.99. The Morgan fingerprint density at radius 2 is 1.93 bits per heavy atom. The van der Waals surface area contributed by atoms with Crippen LogP contribution >= 0.6 is 0 Å². The lowest BCUT2D eigenvalue weighted by molar-refractivity contribution is 0.0984. The van der Waals surface area contributed by atoms with Crippen molar-refractivity contribution in [2.75, 3.05) is 0 Å². The fourth-order valence-electron chi connectivity index (χ4n) is 3.61. The summed E-state index contributed by atoms with van der Waals surface area (Å²) in [6, 6.07) is 13.9. The lowest BCUT2D eigenvalue weighted by atomic mass is 10.1. The predicted molar refractivity (Wildman–Crippen MR) is 97.4 cm³/mol. The Kier molecular flexibility index (Phi) is 3.74. The van der Waals surface area contributed by atoms with Crippen molar-refractivity contribution in [3.8, 4) is 11.5 Å². The van der Waals surface area contributed by atoms with E-state index in [9.17, 15) is 4.79 Å². The van der Waals surface area contributed by atoms with Crippen molar-refractivity contribution < 1.29 is 13.7 Å². The summed E-state index contributed by atoms with van der Waals surface area (Å²) in [7, 11) is 0. The summed E-state index contributed by atoms with van der Waals surface area (Å²) in [5.74, 6) is 0.892. The second-order valence-corrected chi connectivity index (χ2v) is 6.81. The molecule has 5 rings (SSSR count). The van der Waals surface area contributed by atoms with Gasteiger partial charge in [0.05, 0.1) is 18.5 Å². The molecular weight excluding hydrogens is 342 g/mol. The number of aromatic nitrogens is 3. The highest BCUT2D eigenvalue weighted by Crippen LogP contribution is 2.29. The van der Waals surface area contributed by atoms with Gasteiger partial charge in [0.15, 0.2) is 17.2 Å². The molecule has 0 unspecified atom stereocenters. The highest BCUT2D eigenvalue weighted by atomic mass is 16.5. The number of nitrogens with zero attached hydrogens (tertiary/aromatic N) is 3. The standard InChI is InChI=1S/C21H17N3O3/c25-19(18-11-21(27-23-18)20-6-3-7-26-20)8-14-12-22-24(13-14)17-9-15-4-1-2-5-16(15)10-17/h1-7,11-13,17H,8-10H2. The minimum Gasteiger partial charge on any atom is -0.461 e. The van der Waals surface area contributed by atoms with Gasteiger partial charge in [0.25, 0.3) is 0 Å².